The number of likely N-dealkylation sites (tertiary alicyclic amines) is 1. The number of rotatable bonds is 2. The van der Waals surface area contributed by atoms with Gasteiger partial charge in [0.25, 0.3) is 0 Å². The molecule has 0 aliphatic carbocycles. The van der Waals surface area contributed by atoms with E-state index >= 15 is 0 Å². The van der Waals surface area contributed by atoms with Crippen molar-refractivity contribution in [1.29, 1.82) is 0 Å². The zero-order chi connectivity index (χ0) is 14.1. The summed E-state index contributed by atoms with van der Waals surface area (Å²) >= 11 is 6.36. The van der Waals surface area contributed by atoms with Gasteiger partial charge in [0, 0.05) is 29.6 Å². The second-order valence-corrected chi connectivity index (χ2v) is 5.40. The zero-order valence-electron chi connectivity index (χ0n) is 10.8. The van der Waals surface area contributed by atoms with Crippen molar-refractivity contribution in [3.8, 4) is 11.1 Å². The van der Waals surface area contributed by atoms with E-state index in [1.54, 1.807) is 0 Å². The highest BCUT2D eigenvalue weighted by molar-refractivity contribution is 6.33. The lowest BCUT2D eigenvalue weighted by Crippen LogP contribution is -2.47. The van der Waals surface area contributed by atoms with Crippen molar-refractivity contribution < 1.29 is 9.90 Å². The molecule has 3 nitrogen and oxygen atoms in total. The first-order chi connectivity index (χ1) is 9.65. The van der Waals surface area contributed by atoms with E-state index in [1.807, 2.05) is 48.5 Å². The lowest BCUT2D eigenvalue weighted by atomic mass is 9.90. The average Bonchev–Trinajstić information content (AvgIpc) is 2.37. The topological polar surface area (TPSA) is 40.5 Å². The number of hydrogen-bond donors (Lipinski definition) is 1. The van der Waals surface area contributed by atoms with Crippen molar-refractivity contribution in [3.05, 3.63) is 59.1 Å². The van der Waals surface area contributed by atoms with Crippen molar-refractivity contribution in [2.75, 3.05) is 13.1 Å². The van der Waals surface area contributed by atoms with Gasteiger partial charge >= 0.3 is 6.09 Å². The highest BCUT2D eigenvalue weighted by atomic mass is 35.5. The van der Waals surface area contributed by atoms with E-state index in [2.05, 4.69) is 0 Å². The van der Waals surface area contributed by atoms with Gasteiger partial charge in [0.15, 0.2) is 0 Å². The SMILES string of the molecule is O=C(O)N1CC(c2ccc(-c3ccccc3)c(Cl)c2)C1. The van der Waals surface area contributed by atoms with Crippen LogP contribution in [0.5, 0.6) is 0 Å². The largest absolute Gasteiger partial charge is 0.465 e. The molecule has 2 aromatic carbocycles. The number of amides is 1. The van der Waals surface area contributed by atoms with E-state index in [4.69, 9.17) is 16.7 Å². The Kier molecular flexibility index (Phi) is 3.36. The second kappa shape index (κ2) is 5.17. The molecule has 1 amide bonds. The second-order valence-electron chi connectivity index (χ2n) is 4.99. The molecular weight excluding hydrogens is 274 g/mol. The summed E-state index contributed by atoms with van der Waals surface area (Å²) < 4.78 is 0. The number of nitrogens with zero attached hydrogens (tertiary/aromatic N) is 1. The minimum atomic E-state index is -0.853. The Hall–Kier alpha value is -2.00. The normalized spacial score (nSPS) is 14.9. The van der Waals surface area contributed by atoms with Crippen molar-refractivity contribution in [2.45, 2.75) is 5.92 Å². The third-order valence-electron chi connectivity index (χ3n) is 3.70. The highest BCUT2D eigenvalue weighted by Crippen LogP contribution is 2.33. The molecule has 1 heterocycles. The summed E-state index contributed by atoms with van der Waals surface area (Å²) in [6, 6.07) is 16.0. The monoisotopic (exact) mass is 287 g/mol. The lowest BCUT2D eigenvalue weighted by Gasteiger charge is -2.37. The molecule has 20 heavy (non-hydrogen) atoms. The van der Waals surface area contributed by atoms with Gasteiger partial charge < -0.3 is 10.0 Å². The van der Waals surface area contributed by atoms with Crippen LogP contribution in [0.1, 0.15) is 11.5 Å². The molecule has 3 rings (SSSR count). The van der Waals surface area contributed by atoms with Gasteiger partial charge in [-0.1, -0.05) is 54.1 Å². The number of carbonyl (C=O) groups is 1. The van der Waals surface area contributed by atoms with Crippen LogP contribution in [-0.2, 0) is 0 Å². The van der Waals surface area contributed by atoms with Gasteiger partial charge in [0.05, 0.1) is 0 Å². The van der Waals surface area contributed by atoms with Gasteiger partial charge in [-0.05, 0) is 17.2 Å². The summed E-state index contributed by atoms with van der Waals surface area (Å²) in [4.78, 5) is 12.2. The number of benzene rings is 2. The van der Waals surface area contributed by atoms with Crippen molar-refractivity contribution >= 4 is 17.7 Å². The quantitative estimate of drug-likeness (QED) is 0.904. The van der Waals surface area contributed by atoms with Crippen LogP contribution in [0.25, 0.3) is 11.1 Å². The van der Waals surface area contributed by atoms with E-state index < -0.39 is 6.09 Å². The zero-order valence-corrected chi connectivity index (χ0v) is 11.5. The van der Waals surface area contributed by atoms with E-state index in [9.17, 15) is 4.79 Å². The lowest BCUT2D eigenvalue weighted by molar-refractivity contribution is 0.105. The van der Waals surface area contributed by atoms with E-state index in [0.29, 0.717) is 18.1 Å². The molecule has 2 aromatic rings. The predicted octanol–water partition coefficient (Wildman–Crippen LogP) is 4.08. The summed E-state index contributed by atoms with van der Waals surface area (Å²) in [5.41, 5.74) is 3.20. The Balaban J connectivity index is 1.81. The fourth-order valence-electron chi connectivity index (χ4n) is 2.48. The molecule has 102 valence electrons. The molecule has 1 fully saturated rings. The molecule has 0 unspecified atom stereocenters. The van der Waals surface area contributed by atoms with Gasteiger partial charge in [-0.25, -0.2) is 4.79 Å². The summed E-state index contributed by atoms with van der Waals surface area (Å²) in [5.74, 6) is 0.258. The maximum Gasteiger partial charge on any atom is 0.407 e. The third kappa shape index (κ3) is 2.37. The van der Waals surface area contributed by atoms with Gasteiger partial charge in [0.1, 0.15) is 0 Å². The van der Waals surface area contributed by atoms with Gasteiger partial charge in [-0.2, -0.15) is 0 Å². The Morgan fingerprint density at radius 1 is 1.15 bits per heavy atom. The number of carboxylic acid groups (broad SMARTS) is 1. The highest BCUT2D eigenvalue weighted by Gasteiger charge is 2.31. The van der Waals surface area contributed by atoms with Crippen LogP contribution in [0, 0.1) is 0 Å². The van der Waals surface area contributed by atoms with Crippen LogP contribution in [0.15, 0.2) is 48.5 Å². The first-order valence-electron chi connectivity index (χ1n) is 6.48. The maximum atomic E-state index is 10.8. The molecule has 1 saturated heterocycles. The van der Waals surface area contributed by atoms with Gasteiger partial charge in [-0.3, -0.25) is 0 Å². The minimum absolute atomic E-state index is 0.258. The molecule has 0 radical (unpaired) electrons. The molecule has 0 atom stereocenters. The predicted molar refractivity (Wildman–Crippen MR) is 79.2 cm³/mol. The first-order valence-corrected chi connectivity index (χ1v) is 6.85. The van der Waals surface area contributed by atoms with Crippen molar-refractivity contribution in [2.24, 2.45) is 0 Å². The smallest absolute Gasteiger partial charge is 0.407 e. The average molecular weight is 288 g/mol. The van der Waals surface area contributed by atoms with Crippen LogP contribution in [0.2, 0.25) is 5.02 Å². The molecule has 1 N–H and O–H groups in total. The molecule has 1 aliphatic rings. The van der Waals surface area contributed by atoms with Crippen LogP contribution in [0.3, 0.4) is 0 Å². The summed E-state index contributed by atoms with van der Waals surface area (Å²) in [7, 11) is 0. The van der Waals surface area contributed by atoms with Gasteiger partial charge in [0.2, 0.25) is 0 Å². The van der Waals surface area contributed by atoms with Crippen LogP contribution in [0.4, 0.5) is 4.79 Å². The van der Waals surface area contributed by atoms with Crippen LogP contribution in [-0.4, -0.2) is 29.2 Å². The molecule has 0 saturated carbocycles. The summed E-state index contributed by atoms with van der Waals surface area (Å²) in [6.07, 6.45) is -0.853. The number of hydrogen-bond acceptors (Lipinski definition) is 1. The van der Waals surface area contributed by atoms with Crippen LogP contribution < -0.4 is 0 Å². The fraction of sp³-hybridized carbons (Fsp3) is 0.188. The first kappa shape index (κ1) is 13.0. The Morgan fingerprint density at radius 3 is 2.45 bits per heavy atom. The Labute approximate surface area is 122 Å². The van der Waals surface area contributed by atoms with E-state index in [1.165, 1.54) is 4.90 Å². The molecule has 0 bridgehead atoms. The summed E-state index contributed by atoms with van der Waals surface area (Å²) in [5, 5.41) is 9.56. The maximum absolute atomic E-state index is 10.8. The number of halogens is 1. The molecule has 0 spiro atoms. The minimum Gasteiger partial charge on any atom is -0.465 e. The van der Waals surface area contributed by atoms with Crippen LogP contribution >= 0.6 is 11.6 Å². The van der Waals surface area contributed by atoms with E-state index in [-0.39, 0.29) is 5.92 Å². The standard InChI is InChI=1S/C16H14ClNO2/c17-15-8-12(13-9-18(10-13)16(19)20)6-7-14(15)11-4-2-1-3-5-11/h1-8,13H,9-10H2,(H,19,20). The van der Waals surface area contributed by atoms with Gasteiger partial charge in [-0.15, -0.1) is 0 Å². The third-order valence-corrected chi connectivity index (χ3v) is 4.01. The molecule has 1 aliphatic heterocycles. The molecular formula is C16H14ClNO2. The molecule has 0 aromatic heterocycles. The molecule has 4 heteroatoms. The fourth-order valence-corrected chi connectivity index (χ4v) is 2.78. The summed E-state index contributed by atoms with van der Waals surface area (Å²) in [6.45, 7) is 1.10. The van der Waals surface area contributed by atoms with Crippen molar-refractivity contribution in [1.82, 2.24) is 4.90 Å². The Morgan fingerprint density at radius 2 is 1.85 bits per heavy atom. The van der Waals surface area contributed by atoms with Crippen molar-refractivity contribution in [3.63, 3.8) is 0 Å². The Bertz CT molecular complexity index is 636. The van der Waals surface area contributed by atoms with E-state index in [0.717, 1.165) is 16.7 Å².